The Bertz CT molecular complexity index is 693. The van der Waals surface area contributed by atoms with E-state index in [2.05, 4.69) is 31.9 Å². The van der Waals surface area contributed by atoms with E-state index in [4.69, 9.17) is 4.74 Å². The van der Waals surface area contributed by atoms with Crippen LogP contribution in [0.1, 0.15) is 12.0 Å². The summed E-state index contributed by atoms with van der Waals surface area (Å²) >= 11 is 7.29. The SMILES string of the molecule is O=C(CN1C(=O)[C@H]2[C@@H]3C[C@@H]([C@H](Br)[C@@H]3Br)[C@@H]2C1=O)OCc1ccccc1. The summed E-state index contributed by atoms with van der Waals surface area (Å²) < 4.78 is 5.22. The number of ether oxygens (including phenoxy) is 1. The van der Waals surface area contributed by atoms with Gasteiger partial charge in [-0.05, 0) is 23.8 Å². The van der Waals surface area contributed by atoms with E-state index in [1.54, 1.807) is 0 Å². The minimum absolute atomic E-state index is 0.140. The third-order valence-electron chi connectivity index (χ3n) is 5.61. The van der Waals surface area contributed by atoms with Crippen molar-refractivity contribution in [2.75, 3.05) is 6.54 Å². The maximum Gasteiger partial charge on any atom is 0.326 e. The smallest absolute Gasteiger partial charge is 0.326 e. The Morgan fingerprint density at radius 3 is 2.16 bits per heavy atom. The Morgan fingerprint density at radius 2 is 1.60 bits per heavy atom. The van der Waals surface area contributed by atoms with Crippen LogP contribution >= 0.6 is 31.9 Å². The van der Waals surface area contributed by atoms with Crippen LogP contribution in [0.25, 0.3) is 0 Å². The molecule has 132 valence electrons. The second kappa shape index (κ2) is 6.50. The molecule has 1 saturated heterocycles. The Hall–Kier alpha value is -1.21. The topological polar surface area (TPSA) is 63.7 Å². The van der Waals surface area contributed by atoms with Gasteiger partial charge in [-0.1, -0.05) is 62.2 Å². The van der Waals surface area contributed by atoms with Crippen LogP contribution in [0, 0.1) is 23.7 Å². The molecule has 3 aliphatic rings. The van der Waals surface area contributed by atoms with Crippen molar-refractivity contribution in [3.8, 4) is 0 Å². The number of imide groups is 1. The van der Waals surface area contributed by atoms with Crippen LogP contribution in [0.4, 0.5) is 0 Å². The molecule has 25 heavy (non-hydrogen) atoms. The Labute approximate surface area is 162 Å². The number of benzene rings is 1. The van der Waals surface area contributed by atoms with Crippen LogP contribution in [0.2, 0.25) is 0 Å². The zero-order chi connectivity index (χ0) is 17.7. The van der Waals surface area contributed by atoms with Crippen molar-refractivity contribution < 1.29 is 19.1 Å². The zero-order valence-corrected chi connectivity index (χ0v) is 16.5. The first-order valence-corrected chi connectivity index (χ1v) is 10.1. The zero-order valence-electron chi connectivity index (χ0n) is 13.3. The van der Waals surface area contributed by atoms with Gasteiger partial charge in [-0.25, -0.2) is 0 Å². The number of fused-ring (bicyclic) bond motifs is 5. The van der Waals surface area contributed by atoms with E-state index in [9.17, 15) is 14.4 Å². The molecule has 0 unspecified atom stereocenters. The maximum absolute atomic E-state index is 12.7. The van der Waals surface area contributed by atoms with Gasteiger partial charge >= 0.3 is 5.97 Å². The summed E-state index contributed by atoms with van der Waals surface area (Å²) in [7, 11) is 0. The molecule has 5 nitrogen and oxygen atoms in total. The number of nitrogens with zero attached hydrogens (tertiary/aromatic N) is 1. The fourth-order valence-electron chi connectivity index (χ4n) is 4.48. The first-order chi connectivity index (χ1) is 12.0. The van der Waals surface area contributed by atoms with Crippen LogP contribution in [0.5, 0.6) is 0 Å². The lowest BCUT2D eigenvalue weighted by atomic mass is 9.81. The van der Waals surface area contributed by atoms with Crippen molar-refractivity contribution in [2.24, 2.45) is 23.7 Å². The Morgan fingerprint density at radius 1 is 1.04 bits per heavy atom. The van der Waals surface area contributed by atoms with Crippen LogP contribution in [0.3, 0.4) is 0 Å². The number of carbonyl (C=O) groups excluding carboxylic acids is 3. The number of alkyl halides is 2. The lowest BCUT2D eigenvalue weighted by molar-refractivity contribution is -0.154. The molecule has 0 radical (unpaired) electrons. The average Bonchev–Trinajstić information content (AvgIpc) is 3.21. The van der Waals surface area contributed by atoms with Gasteiger partial charge < -0.3 is 4.74 Å². The molecule has 0 N–H and O–H groups in total. The van der Waals surface area contributed by atoms with E-state index in [-0.39, 0.29) is 58.3 Å². The third-order valence-corrected chi connectivity index (χ3v) is 8.81. The number of likely N-dealkylation sites (tertiary alicyclic amines) is 1. The highest BCUT2D eigenvalue weighted by atomic mass is 79.9. The number of hydrogen-bond donors (Lipinski definition) is 0. The molecule has 3 fully saturated rings. The van der Waals surface area contributed by atoms with Crippen LogP contribution in [-0.2, 0) is 25.7 Å². The summed E-state index contributed by atoms with van der Waals surface area (Å²) in [4.78, 5) is 39.0. The van der Waals surface area contributed by atoms with Gasteiger partial charge in [0.25, 0.3) is 0 Å². The van der Waals surface area contributed by atoms with E-state index in [0.717, 1.165) is 16.9 Å². The normalized spacial score (nSPS) is 36.0. The molecule has 6 atom stereocenters. The number of rotatable bonds is 4. The maximum atomic E-state index is 12.7. The molecule has 2 bridgehead atoms. The fraction of sp³-hybridized carbons (Fsp3) is 0.500. The van der Waals surface area contributed by atoms with Crippen LogP contribution in [-0.4, -0.2) is 38.9 Å². The van der Waals surface area contributed by atoms with Crippen molar-refractivity contribution in [3.05, 3.63) is 35.9 Å². The number of hydrogen-bond acceptors (Lipinski definition) is 4. The molecule has 1 aromatic carbocycles. The van der Waals surface area contributed by atoms with Gasteiger partial charge in [0.2, 0.25) is 11.8 Å². The van der Waals surface area contributed by atoms with Crippen molar-refractivity contribution >= 4 is 49.6 Å². The van der Waals surface area contributed by atoms with Crippen molar-refractivity contribution in [3.63, 3.8) is 0 Å². The van der Waals surface area contributed by atoms with Crippen molar-refractivity contribution in [1.29, 1.82) is 0 Å². The molecule has 2 amide bonds. The van der Waals surface area contributed by atoms with Gasteiger partial charge in [0.15, 0.2) is 0 Å². The monoisotopic (exact) mass is 469 g/mol. The van der Waals surface area contributed by atoms with Gasteiger partial charge in [0, 0.05) is 9.65 Å². The van der Waals surface area contributed by atoms with Gasteiger partial charge in [-0.2, -0.15) is 0 Å². The second-order valence-corrected chi connectivity index (χ2v) is 9.03. The van der Waals surface area contributed by atoms with Gasteiger partial charge in [0.1, 0.15) is 13.2 Å². The minimum atomic E-state index is -0.552. The van der Waals surface area contributed by atoms with E-state index >= 15 is 0 Å². The van der Waals surface area contributed by atoms with Gasteiger partial charge in [-0.3, -0.25) is 19.3 Å². The van der Waals surface area contributed by atoms with Gasteiger partial charge in [-0.15, -0.1) is 0 Å². The first kappa shape index (κ1) is 17.2. The molecule has 1 aromatic rings. The Balaban J connectivity index is 1.41. The summed E-state index contributed by atoms with van der Waals surface area (Å²) in [5, 5.41) is 0. The highest BCUT2D eigenvalue weighted by Gasteiger charge is 2.66. The average molecular weight is 471 g/mol. The highest BCUT2D eigenvalue weighted by Crippen LogP contribution is 2.60. The molecule has 0 aromatic heterocycles. The number of halogens is 2. The summed E-state index contributed by atoms with van der Waals surface area (Å²) in [6.45, 7) is -0.155. The fourth-order valence-corrected chi connectivity index (χ4v) is 6.35. The molecule has 1 aliphatic heterocycles. The predicted octanol–water partition coefficient (Wildman–Crippen LogP) is 2.51. The molecular weight excluding hydrogens is 454 g/mol. The van der Waals surface area contributed by atoms with Gasteiger partial charge in [0.05, 0.1) is 11.8 Å². The first-order valence-electron chi connectivity index (χ1n) is 8.32. The summed E-state index contributed by atoms with van der Waals surface area (Å²) in [5.41, 5.74) is 0.870. The highest BCUT2D eigenvalue weighted by molar-refractivity contribution is 9.12. The third kappa shape index (κ3) is 2.76. The van der Waals surface area contributed by atoms with E-state index in [1.165, 1.54) is 0 Å². The molecule has 7 heteroatoms. The standard InChI is InChI=1S/C18H17Br2NO4/c19-15-10-6-11(16(15)20)14-13(10)17(23)21(18(14)24)7-12(22)25-8-9-4-2-1-3-5-9/h1-5,10-11,13-16H,6-8H2/t10-,11+,13-,14-,15+,16-/m0/s1. The molecule has 2 saturated carbocycles. The molecule has 0 spiro atoms. The molecule has 1 heterocycles. The van der Waals surface area contributed by atoms with Crippen molar-refractivity contribution in [2.45, 2.75) is 22.7 Å². The number of carbonyl (C=O) groups is 3. The summed E-state index contributed by atoms with van der Waals surface area (Å²) in [6, 6.07) is 9.32. The Kier molecular flexibility index (Phi) is 4.48. The van der Waals surface area contributed by atoms with Crippen LogP contribution < -0.4 is 0 Å². The molecule has 4 rings (SSSR count). The lowest BCUT2D eigenvalue weighted by Gasteiger charge is -2.28. The quantitative estimate of drug-likeness (QED) is 0.385. The second-order valence-electron chi connectivity index (χ2n) is 6.91. The van der Waals surface area contributed by atoms with E-state index in [1.807, 2.05) is 30.3 Å². The summed E-state index contributed by atoms with van der Waals surface area (Å²) in [6.07, 6.45) is 0.880. The molecule has 2 aliphatic carbocycles. The summed E-state index contributed by atoms with van der Waals surface area (Å²) in [5.74, 6) is -1.27. The van der Waals surface area contributed by atoms with Crippen molar-refractivity contribution in [1.82, 2.24) is 4.90 Å². The predicted molar refractivity (Wildman–Crippen MR) is 97.0 cm³/mol. The van der Waals surface area contributed by atoms with E-state index in [0.29, 0.717) is 0 Å². The van der Waals surface area contributed by atoms with Crippen LogP contribution in [0.15, 0.2) is 30.3 Å². The largest absolute Gasteiger partial charge is 0.459 e. The lowest BCUT2D eigenvalue weighted by Crippen LogP contribution is -2.38. The minimum Gasteiger partial charge on any atom is -0.459 e. The number of esters is 1. The number of amides is 2. The molecular formula is C18H17Br2NO4. The van der Waals surface area contributed by atoms with E-state index < -0.39 is 5.97 Å².